The number of halogens is 3. The van der Waals surface area contributed by atoms with E-state index < -0.39 is 17.6 Å². The predicted molar refractivity (Wildman–Crippen MR) is 131 cm³/mol. The summed E-state index contributed by atoms with van der Waals surface area (Å²) in [5.41, 5.74) is 3.98. The van der Waals surface area contributed by atoms with Crippen molar-refractivity contribution in [2.75, 3.05) is 5.32 Å². The van der Waals surface area contributed by atoms with E-state index in [1.807, 2.05) is 0 Å². The zero-order valence-corrected chi connectivity index (χ0v) is 20.0. The minimum absolute atomic E-state index is 0.296. The van der Waals surface area contributed by atoms with Gasteiger partial charge in [0.05, 0.1) is 11.4 Å². The molecule has 1 heterocycles. The third-order valence-electron chi connectivity index (χ3n) is 4.72. The maximum absolute atomic E-state index is 12.7. The van der Waals surface area contributed by atoms with Gasteiger partial charge in [-0.15, -0.1) is 10.2 Å². The third kappa shape index (κ3) is 6.04. The zero-order chi connectivity index (χ0) is 24.8. The van der Waals surface area contributed by atoms with Gasteiger partial charge in [0, 0.05) is 21.3 Å². The second kappa shape index (κ2) is 10.7. The normalized spacial score (nSPS) is 13.3. The summed E-state index contributed by atoms with van der Waals surface area (Å²) in [5, 5.41) is 19.2. The van der Waals surface area contributed by atoms with Gasteiger partial charge in [-0.05, 0) is 59.0 Å². The second-order valence-corrected chi connectivity index (χ2v) is 8.46. The molecule has 0 atom stereocenters. The van der Waals surface area contributed by atoms with E-state index in [9.17, 15) is 9.59 Å². The molecule has 35 heavy (non-hydrogen) atoms. The van der Waals surface area contributed by atoms with E-state index in [0.29, 0.717) is 37.8 Å². The highest BCUT2D eigenvalue weighted by molar-refractivity contribution is 6.35. The molecule has 10 nitrogen and oxygen atoms in total. The van der Waals surface area contributed by atoms with Crippen LogP contribution in [0, 0.1) is 0 Å². The molecule has 3 aromatic rings. The molecule has 0 saturated heterocycles. The van der Waals surface area contributed by atoms with E-state index in [1.54, 1.807) is 66.7 Å². The molecule has 3 N–H and O–H groups in total. The van der Waals surface area contributed by atoms with Crippen molar-refractivity contribution in [1.29, 1.82) is 0 Å². The lowest BCUT2D eigenvalue weighted by Crippen LogP contribution is -2.45. The molecule has 4 rings (SSSR count). The summed E-state index contributed by atoms with van der Waals surface area (Å²) in [6, 6.07) is 17.4. The number of hydrogen-bond acceptors (Lipinski definition) is 7. The van der Waals surface area contributed by atoms with Gasteiger partial charge < -0.3 is 10.1 Å². The fraction of sp³-hybridized carbons (Fsp3) is 0.0909. The van der Waals surface area contributed by atoms with E-state index in [1.165, 1.54) is 0 Å². The topological polar surface area (TPSA) is 129 Å². The molecular formula is C22H16Cl3N7O3. The SMILES string of the molecule is O=C(CC1(c2ccccc2Oc2ccc(Cl)cc2Cl)N=NN=N1)NNC(=O)Nc1ccc(Cl)cc1. The van der Waals surface area contributed by atoms with Gasteiger partial charge in [0.1, 0.15) is 11.5 Å². The fourth-order valence-corrected chi connectivity index (χ4v) is 3.71. The van der Waals surface area contributed by atoms with Crippen molar-refractivity contribution in [3.05, 3.63) is 87.4 Å². The van der Waals surface area contributed by atoms with Crippen molar-refractivity contribution in [1.82, 2.24) is 10.9 Å². The van der Waals surface area contributed by atoms with Gasteiger partial charge in [0.25, 0.3) is 0 Å². The van der Waals surface area contributed by atoms with Crippen LogP contribution >= 0.6 is 34.8 Å². The average Bonchev–Trinajstić information content (AvgIpc) is 3.31. The molecular weight excluding hydrogens is 517 g/mol. The number of nitrogens with zero attached hydrogens (tertiary/aromatic N) is 4. The fourth-order valence-electron chi connectivity index (χ4n) is 3.13. The lowest BCUT2D eigenvalue weighted by Gasteiger charge is -2.22. The highest BCUT2D eigenvalue weighted by Gasteiger charge is 2.41. The van der Waals surface area contributed by atoms with Gasteiger partial charge in [0.15, 0.2) is 0 Å². The van der Waals surface area contributed by atoms with Crippen LogP contribution in [0.15, 0.2) is 87.4 Å². The Balaban J connectivity index is 1.47. The molecule has 1 aliphatic heterocycles. The maximum atomic E-state index is 12.7. The van der Waals surface area contributed by atoms with Crippen LogP contribution in [-0.4, -0.2) is 11.9 Å². The number of hydrazine groups is 1. The van der Waals surface area contributed by atoms with Crippen molar-refractivity contribution >= 4 is 52.4 Å². The minimum atomic E-state index is -1.51. The summed E-state index contributed by atoms with van der Waals surface area (Å²) in [5.74, 6) is 0.0728. The predicted octanol–water partition coefficient (Wildman–Crippen LogP) is 6.67. The number of urea groups is 1. The summed E-state index contributed by atoms with van der Waals surface area (Å²) in [6.45, 7) is 0. The molecule has 3 aromatic carbocycles. The summed E-state index contributed by atoms with van der Waals surface area (Å²) in [7, 11) is 0. The second-order valence-electron chi connectivity index (χ2n) is 7.18. The van der Waals surface area contributed by atoms with Crippen LogP contribution in [-0.2, 0) is 10.5 Å². The number of hydrogen-bond donors (Lipinski definition) is 3. The molecule has 3 amide bonds. The third-order valence-corrected chi connectivity index (χ3v) is 5.50. The largest absolute Gasteiger partial charge is 0.455 e. The Morgan fingerprint density at radius 1 is 0.829 bits per heavy atom. The molecule has 0 saturated carbocycles. The number of carbonyl (C=O) groups is 2. The van der Waals surface area contributed by atoms with Gasteiger partial charge >= 0.3 is 6.03 Å². The van der Waals surface area contributed by atoms with Gasteiger partial charge in [-0.1, -0.05) is 53.0 Å². The molecule has 0 fully saturated rings. The quantitative estimate of drug-likeness (QED) is 0.307. The van der Waals surface area contributed by atoms with Crippen LogP contribution in [0.2, 0.25) is 15.1 Å². The highest BCUT2D eigenvalue weighted by Crippen LogP contribution is 2.43. The smallest absolute Gasteiger partial charge is 0.337 e. The first-order valence-corrected chi connectivity index (χ1v) is 11.2. The van der Waals surface area contributed by atoms with Crippen molar-refractivity contribution < 1.29 is 14.3 Å². The number of nitrogens with one attached hydrogen (secondary N) is 3. The van der Waals surface area contributed by atoms with Crippen LogP contribution in [0.3, 0.4) is 0 Å². The van der Waals surface area contributed by atoms with E-state index in [4.69, 9.17) is 39.5 Å². The molecule has 0 aliphatic carbocycles. The number of ether oxygens (including phenoxy) is 1. The first-order chi connectivity index (χ1) is 16.8. The van der Waals surface area contributed by atoms with E-state index in [0.717, 1.165) is 0 Å². The molecule has 0 bridgehead atoms. The Kier molecular flexibility index (Phi) is 7.45. The van der Waals surface area contributed by atoms with Crippen LogP contribution in [0.1, 0.15) is 12.0 Å². The number of amides is 3. The van der Waals surface area contributed by atoms with E-state index in [-0.39, 0.29) is 6.42 Å². The van der Waals surface area contributed by atoms with Crippen molar-refractivity contribution in [2.45, 2.75) is 12.1 Å². The van der Waals surface area contributed by atoms with Gasteiger partial charge in [-0.3, -0.25) is 10.2 Å². The van der Waals surface area contributed by atoms with Crippen LogP contribution < -0.4 is 20.9 Å². The van der Waals surface area contributed by atoms with Crippen LogP contribution in [0.5, 0.6) is 11.5 Å². The van der Waals surface area contributed by atoms with E-state index in [2.05, 4.69) is 36.8 Å². The highest BCUT2D eigenvalue weighted by atomic mass is 35.5. The lowest BCUT2D eigenvalue weighted by atomic mass is 9.96. The molecule has 178 valence electrons. The maximum Gasteiger partial charge on any atom is 0.337 e. The summed E-state index contributed by atoms with van der Waals surface area (Å²) in [4.78, 5) is 24.8. The standard InChI is InChI=1S/C22H16Cl3N7O3/c23-13-5-8-15(9-6-13)26-21(34)28-27-20(33)12-22(29-31-32-30-22)16-3-1-2-4-18(16)35-19-10-7-14(24)11-17(19)25/h1-11H,12H2,(H,27,33)(H2,26,28,34). The molecule has 0 unspecified atom stereocenters. The van der Waals surface area contributed by atoms with Crippen molar-refractivity contribution in [2.24, 2.45) is 20.7 Å². The molecule has 1 aliphatic rings. The number of anilines is 1. The Labute approximate surface area is 214 Å². The Hall–Kier alpha value is -3.73. The lowest BCUT2D eigenvalue weighted by molar-refractivity contribution is -0.123. The Morgan fingerprint density at radius 3 is 2.23 bits per heavy atom. The Bertz CT molecular complexity index is 1300. The van der Waals surface area contributed by atoms with Gasteiger partial charge in [-0.25, -0.2) is 10.2 Å². The first kappa shape index (κ1) is 24.4. The van der Waals surface area contributed by atoms with Gasteiger partial charge in [-0.2, -0.15) is 0 Å². The number of benzene rings is 3. The molecule has 0 spiro atoms. The van der Waals surface area contributed by atoms with Crippen LogP contribution in [0.4, 0.5) is 10.5 Å². The first-order valence-electron chi connectivity index (χ1n) is 10.0. The number of rotatable bonds is 6. The summed E-state index contributed by atoms with van der Waals surface area (Å²) < 4.78 is 5.97. The molecule has 0 radical (unpaired) electrons. The molecule has 13 heteroatoms. The summed E-state index contributed by atoms with van der Waals surface area (Å²) >= 11 is 18.0. The Morgan fingerprint density at radius 2 is 1.51 bits per heavy atom. The average molecular weight is 533 g/mol. The zero-order valence-electron chi connectivity index (χ0n) is 17.7. The van der Waals surface area contributed by atoms with Crippen LogP contribution in [0.25, 0.3) is 0 Å². The van der Waals surface area contributed by atoms with Crippen molar-refractivity contribution in [3.8, 4) is 11.5 Å². The van der Waals surface area contributed by atoms with Crippen molar-refractivity contribution in [3.63, 3.8) is 0 Å². The monoisotopic (exact) mass is 531 g/mol. The summed E-state index contributed by atoms with van der Waals surface area (Å²) in [6.07, 6.45) is -0.323. The number of carbonyl (C=O) groups excluding carboxylic acids is 2. The molecule has 0 aromatic heterocycles. The van der Waals surface area contributed by atoms with E-state index >= 15 is 0 Å². The van der Waals surface area contributed by atoms with Gasteiger partial charge in [0.2, 0.25) is 11.6 Å². The number of para-hydroxylation sites is 1. The minimum Gasteiger partial charge on any atom is -0.455 e.